The maximum absolute atomic E-state index is 14.8. The summed E-state index contributed by atoms with van der Waals surface area (Å²) in [6, 6.07) is 3.06. The second-order valence-electron chi connectivity index (χ2n) is 7.86. The van der Waals surface area contributed by atoms with Crippen molar-refractivity contribution in [3.63, 3.8) is 0 Å². The fourth-order valence-electron chi connectivity index (χ4n) is 3.07. The Morgan fingerprint density at radius 1 is 1.21 bits per heavy atom. The summed E-state index contributed by atoms with van der Waals surface area (Å²) >= 11 is 6.32. The zero-order valence-electron chi connectivity index (χ0n) is 16.9. The number of rotatable bonds is 5. The van der Waals surface area contributed by atoms with Gasteiger partial charge in [-0.25, -0.2) is 19.3 Å². The Morgan fingerprint density at radius 2 is 1.89 bits per heavy atom. The van der Waals surface area contributed by atoms with Crippen molar-refractivity contribution in [3.05, 3.63) is 35.0 Å². The molecule has 2 heterocycles. The lowest BCUT2D eigenvalue weighted by atomic mass is 10.0. The summed E-state index contributed by atoms with van der Waals surface area (Å²) in [5.41, 5.74) is 1.01. The number of halogens is 2. The molecule has 150 valence electrons. The van der Waals surface area contributed by atoms with Crippen LogP contribution in [0.3, 0.4) is 0 Å². The van der Waals surface area contributed by atoms with Crippen molar-refractivity contribution >= 4 is 28.6 Å². The van der Waals surface area contributed by atoms with E-state index in [4.69, 9.17) is 11.6 Å². The molecular formula is C20H25ClFN5O. The summed E-state index contributed by atoms with van der Waals surface area (Å²) in [6.45, 7) is 11.1. The summed E-state index contributed by atoms with van der Waals surface area (Å²) in [5.74, 6) is 0.628. The lowest BCUT2D eigenvalue weighted by molar-refractivity contribution is 0.0646. The lowest BCUT2D eigenvalue weighted by Crippen LogP contribution is -2.39. The van der Waals surface area contributed by atoms with Crippen LogP contribution >= 0.6 is 11.6 Å². The van der Waals surface area contributed by atoms with Gasteiger partial charge in [0, 0.05) is 11.6 Å². The molecule has 0 unspecified atom stereocenters. The monoisotopic (exact) mass is 405 g/mol. The molecular weight excluding hydrogens is 381 g/mol. The minimum absolute atomic E-state index is 0.130. The fourth-order valence-corrected chi connectivity index (χ4v) is 3.27. The highest BCUT2D eigenvalue weighted by Gasteiger charge is 2.23. The van der Waals surface area contributed by atoms with E-state index in [0.717, 1.165) is 5.82 Å². The van der Waals surface area contributed by atoms with E-state index in [1.54, 1.807) is 13.8 Å². The van der Waals surface area contributed by atoms with E-state index in [9.17, 15) is 9.50 Å². The molecule has 0 aliphatic rings. The van der Waals surface area contributed by atoms with Crippen molar-refractivity contribution in [2.45, 2.75) is 59.2 Å². The van der Waals surface area contributed by atoms with Gasteiger partial charge in [-0.15, -0.1) is 0 Å². The molecule has 0 aliphatic heterocycles. The Labute approximate surface area is 168 Å². The maximum Gasteiger partial charge on any atom is 0.223 e. The first-order valence-corrected chi connectivity index (χ1v) is 9.56. The number of anilines is 1. The second kappa shape index (κ2) is 7.29. The average Bonchev–Trinajstić information content (AvgIpc) is 2.92. The van der Waals surface area contributed by atoms with E-state index in [1.807, 2.05) is 38.3 Å². The van der Waals surface area contributed by atoms with Gasteiger partial charge in [-0.05, 0) is 53.7 Å². The molecule has 0 spiro atoms. The first-order chi connectivity index (χ1) is 13.0. The number of aromatic nitrogens is 4. The third-order valence-corrected chi connectivity index (χ3v) is 5.14. The molecule has 0 radical (unpaired) electrons. The van der Waals surface area contributed by atoms with E-state index < -0.39 is 11.4 Å². The summed E-state index contributed by atoms with van der Waals surface area (Å²) in [7, 11) is 0. The second-order valence-corrected chi connectivity index (χ2v) is 8.27. The Bertz CT molecular complexity index is 1030. The molecule has 0 saturated carbocycles. The number of aliphatic hydroxyl groups is 1. The van der Waals surface area contributed by atoms with Crippen LogP contribution in [0, 0.1) is 12.7 Å². The molecule has 8 heteroatoms. The molecule has 0 fully saturated rings. The summed E-state index contributed by atoms with van der Waals surface area (Å²) in [4.78, 5) is 13.0. The van der Waals surface area contributed by atoms with Crippen LogP contribution in [-0.2, 0) is 0 Å². The van der Waals surface area contributed by atoms with Crippen LogP contribution < -0.4 is 5.32 Å². The Morgan fingerprint density at radius 3 is 2.50 bits per heavy atom. The number of imidazole rings is 1. The minimum atomic E-state index is -0.963. The van der Waals surface area contributed by atoms with Crippen LogP contribution in [0.4, 0.5) is 10.3 Å². The van der Waals surface area contributed by atoms with Crippen LogP contribution in [0.5, 0.6) is 0 Å². The van der Waals surface area contributed by atoms with Gasteiger partial charge < -0.3 is 15.0 Å². The zero-order chi connectivity index (χ0) is 20.8. The molecule has 0 aliphatic carbocycles. The quantitative estimate of drug-likeness (QED) is 0.640. The van der Waals surface area contributed by atoms with Crippen molar-refractivity contribution in [2.24, 2.45) is 0 Å². The van der Waals surface area contributed by atoms with Crippen LogP contribution in [0.1, 0.15) is 46.5 Å². The smallest absolute Gasteiger partial charge is 0.223 e. The van der Waals surface area contributed by atoms with Gasteiger partial charge in [-0.2, -0.15) is 0 Å². The standard InChI is InChI=1S/C20H25ClFN5O/c1-10(2)27-12(4)25-18-15(22)7-13(8-16(18)27)17-14(21)9-23-19(26-17)24-11(3)20(5,6)28/h7-11,28H,1-6H3,(H,23,24,26)/t11-/m1/s1. The third-order valence-electron chi connectivity index (χ3n) is 4.86. The van der Waals surface area contributed by atoms with Gasteiger partial charge in [-0.3, -0.25) is 0 Å². The molecule has 2 aromatic heterocycles. The molecule has 28 heavy (non-hydrogen) atoms. The molecule has 3 aromatic rings. The fraction of sp³-hybridized carbons (Fsp3) is 0.450. The van der Waals surface area contributed by atoms with Gasteiger partial charge in [-0.1, -0.05) is 11.6 Å². The van der Waals surface area contributed by atoms with E-state index >= 15 is 0 Å². The lowest BCUT2D eigenvalue weighted by Gasteiger charge is -2.26. The van der Waals surface area contributed by atoms with Crippen molar-refractivity contribution in [2.75, 3.05) is 5.32 Å². The summed E-state index contributed by atoms with van der Waals surface area (Å²) in [6.07, 6.45) is 1.47. The highest BCUT2D eigenvalue weighted by Crippen LogP contribution is 2.32. The number of nitrogens with one attached hydrogen (secondary N) is 1. The first-order valence-electron chi connectivity index (χ1n) is 9.19. The van der Waals surface area contributed by atoms with Gasteiger partial charge in [0.05, 0.1) is 34.1 Å². The van der Waals surface area contributed by atoms with Gasteiger partial charge in [0.25, 0.3) is 0 Å². The van der Waals surface area contributed by atoms with Gasteiger partial charge >= 0.3 is 0 Å². The molecule has 1 aromatic carbocycles. The Hall–Kier alpha value is -2.25. The van der Waals surface area contributed by atoms with E-state index in [1.165, 1.54) is 12.3 Å². The van der Waals surface area contributed by atoms with Crippen LogP contribution in [-0.4, -0.2) is 36.3 Å². The van der Waals surface area contributed by atoms with Crippen molar-refractivity contribution in [1.82, 2.24) is 19.5 Å². The zero-order valence-corrected chi connectivity index (χ0v) is 17.6. The topological polar surface area (TPSA) is 75.9 Å². The highest BCUT2D eigenvalue weighted by atomic mass is 35.5. The van der Waals surface area contributed by atoms with Crippen LogP contribution in [0.2, 0.25) is 5.02 Å². The number of nitrogens with zero attached hydrogens (tertiary/aromatic N) is 4. The molecule has 3 rings (SSSR count). The van der Waals surface area contributed by atoms with Gasteiger partial charge in [0.15, 0.2) is 5.82 Å². The number of benzene rings is 1. The normalized spacial score (nSPS) is 13.4. The number of aryl methyl sites for hydroxylation is 1. The van der Waals surface area contributed by atoms with Crippen molar-refractivity contribution in [3.8, 4) is 11.3 Å². The van der Waals surface area contributed by atoms with E-state index in [0.29, 0.717) is 33.3 Å². The number of fused-ring (bicyclic) bond motifs is 1. The molecule has 0 saturated heterocycles. The predicted molar refractivity (Wildman–Crippen MR) is 110 cm³/mol. The largest absolute Gasteiger partial charge is 0.388 e. The molecule has 0 bridgehead atoms. The van der Waals surface area contributed by atoms with Gasteiger partial charge in [0.1, 0.15) is 11.3 Å². The average molecular weight is 406 g/mol. The first kappa shape index (κ1) is 20.5. The molecule has 2 N–H and O–H groups in total. The van der Waals surface area contributed by atoms with Crippen LogP contribution in [0.15, 0.2) is 18.3 Å². The van der Waals surface area contributed by atoms with Crippen molar-refractivity contribution < 1.29 is 9.50 Å². The summed E-state index contributed by atoms with van der Waals surface area (Å²) in [5, 5.41) is 13.5. The van der Waals surface area contributed by atoms with E-state index in [2.05, 4.69) is 20.3 Å². The molecule has 0 amide bonds. The maximum atomic E-state index is 14.8. The van der Waals surface area contributed by atoms with Crippen molar-refractivity contribution in [1.29, 1.82) is 0 Å². The molecule has 6 nitrogen and oxygen atoms in total. The third kappa shape index (κ3) is 3.82. The highest BCUT2D eigenvalue weighted by molar-refractivity contribution is 6.33. The Kier molecular flexibility index (Phi) is 5.34. The van der Waals surface area contributed by atoms with Gasteiger partial charge in [0.2, 0.25) is 5.95 Å². The van der Waals surface area contributed by atoms with Crippen LogP contribution in [0.25, 0.3) is 22.3 Å². The SMILES string of the molecule is Cc1nc2c(F)cc(-c3nc(N[C@H](C)C(C)(C)O)ncc3Cl)cc2n1C(C)C. The van der Waals surface area contributed by atoms with E-state index in [-0.39, 0.29) is 12.1 Å². The minimum Gasteiger partial charge on any atom is -0.388 e. The number of hydrogen-bond acceptors (Lipinski definition) is 5. The molecule has 1 atom stereocenters. The summed E-state index contributed by atoms with van der Waals surface area (Å²) < 4.78 is 16.8. The predicted octanol–water partition coefficient (Wildman–Crippen LogP) is 4.75. The number of hydrogen-bond donors (Lipinski definition) is 2. The Balaban J connectivity index is 2.12.